The van der Waals surface area contributed by atoms with E-state index in [1.807, 2.05) is 17.5 Å². The molecule has 2 rings (SSSR count). The van der Waals surface area contributed by atoms with Crippen molar-refractivity contribution in [1.29, 1.82) is 0 Å². The number of hydrogen-bond acceptors (Lipinski definition) is 4. The maximum Gasteiger partial charge on any atom is 0.341 e. The number of aryl methyl sites for hydroxylation is 2. The lowest BCUT2D eigenvalue weighted by atomic mass is 10.0. The molecule has 0 aliphatic rings. The van der Waals surface area contributed by atoms with Crippen molar-refractivity contribution < 1.29 is 19.4 Å². The molecule has 0 spiro atoms. The van der Waals surface area contributed by atoms with Gasteiger partial charge in [0.05, 0.1) is 6.54 Å². The van der Waals surface area contributed by atoms with Crippen molar-refractivity contribution >= 4 is 23.2 Å². The van der Waals surface area contributed by atoms with E-state index in [4.69, 9.17) is 9.84 Å². The van der Waals surface area contributed by atoms with Crippen LogP contribution >= 0.6 is 11.3 Å². The molecule has 0 fully saturated rings. The van der Waals surface area contributed by atoms with Gasteiger partial charge in [-0.2, -0.15) is 0 Å². The third-order valence-electron chi connectivity index (χ3n) is 3.61. The molecule has 1 heterocycles. The van der Waals surface area contributed by atoms with Crippen molar-refractivity contribution in [1.82, 2.24) is 4.90 Å². The smallest absolute Gasteiger partial charge is 0.341 e. The van der Waals surface area contributed by atoms with Crippen molar-refractivity contribution in [3.63, 3.8) is 0 Å². The second-order valence-electron chi connectivity index (χ2n) is 5.68. The highest BCUT2D eigenvalue weighted by Crippen LogP contribution is 2.26. The standard InChI is InChI=1S/C19H21NO4S/c1-4-7-20(11-16-6-5-8-25-16)19(23)15-9-13(2)18(14(3)10-15)24-12-17(21)22/h4-6,8-10H,1,7,11-12H2,2-3H3,(H,21,22). The van der Waals surface area contributed by atoms with E-state index in [0.717, 1.165) is 16.0 Å². The van der Waals surface area contributed by atoms with Gasteiger partial charge in [-0.05, 0) is 48.6 Å². The minimum Gasteiger partial charge on any atom is -0.481 e. The van der Waals surface area contributed by atoms with Crippen molar-refractivity contribution in [2.45, 2.75) is 20.4 Å². The Morgan fingerprint density at radius 3 is 2.52 bits per heavy atom. The molecule has 25 heavy (non-hydrogen) atoms. The van der Waals surface area contributed by atoms with Crippen LogP contribution in [0.1, 0.15) is 26.4 Å². The lowest BCUT2D eigenvalue weighted by Crippen LogP contribution is -2.30. The zero-order valence-electron chi connectivity index (χ0n) is 14.3. The van der Waals surface area contributed by atoms with Crippen LogP contribution in [-0.2, 0) is 11.3 Å². The van der Waals surface area contributed by atoms with Crippen LogP contribution in [-0.4, -0.2) is 35.0 Å². The summed E-state index contributed by atoms with van der Waals surface area (Å²) < 4.78 is 5.32. The number of amides is 1. The van der Waals surface area contributed by atoms with Gasteiger partial charge in [0.25, 0.3) is 5.91 Å². The third kappa shape index (κ3) is 4.93. The van der Waals surface area contributed by atoms with Gasteiger partial charge in [0.2, 0.25) is 0 Å². The van der Waals surface area contributed by atoms with E-state index in [-0.39, 0.29) is 5.91 Å². The first-order valence-corrected chi connectivity index (χ1v) is 8.68. The summed E-state index contributed by atoms with van der Waals surface area (Å²) in [6.45, 7) is 7.91. The number of carbonyl (C=O) groups is 2. The Morgan fingerprint density at radius 1 is 1.32 bits per heavy atom. The van der Waals surface area contributed by atoms with Gasteiger partial charge in [-0.3, -0.25) is 4.79 Å². The van der Waals surface area contributed by atoms with Gasteiger partial charge in [-0.15, -0.1) is 17.9 Å². The highest BCUT2D eigenvalue weighted by Gasteiger charge is 2.18. The van der Waals surface area contributed by atoms with Crippen molar-refractivity contribution in [2.24, 2.45) is 0 Å². The van der Waals surface area contributed by atoms with Crippen LogP contribution in [0.2, 0.25) is 0 Å². The predicted octanol–water partition coefficient (Wildman–Crippen LogP) is 3.66. The number of thiophene rings is 1. The minimum atomic E-state index is -1.04. The summed E-state index contributed by atoms with van der Waals surface area (Å²) in [5.41, 5.74) is 2.02. The zero-order chi connectivity index (χ0) is 18.4. The summed E-state index contributed by atoms with van der Waals surface area (Å²) in [5.74, 6) is -0.621. The molecule has 6 heteroatoms. The first kappa shape index (κ1) is 18.7. The number of hydrogen-bond donors (Lipinski definition) is 1. The number of ether oxygens (including phenoxy) is 1. The van der Waals surface area contributed by atoms with Crippen LogP contribution < -0.4 is 4.74 Å². The summed E-state index contributed by atoms with van der Waals surface area (Å²) in [5, 5.41) is 10.7. The van der Waals surface area contributed by atoms with Crippen LogP contribution in [0.4, 0.5) is 0 Å². The Bertz CT molecular complexity index is 745. The Labute approximate surface area is 151 Å². The molecule has 132 valence electrons. The summed E-state index contributed by atoms with van der Waals surface area (Å²) in [7, 11) is 0. The van der Waals surface area contributed by atoms with Crippen LogP contribution in [0.3, 0.4) is 0 Å². The molecule has 0 radical (unpaired) electrons. The van der Waals surface area contributed by atoms with Crippen LogP contribution in [0.15, 0.2) is 42.3 Å². The Balaban J connectivity index is 2.24. The van der Waals surface area contributed by atoms with Gasteiger partial charge < -0.3 is 14.7 Å². The van der Waals surface area contributed by atoms with E-state index in [1.165, 1.54) is 0 Å². The fourth-order valence-electron chi connectivity index (χ4n) is 2.58. The first-order chi connectivity index (χ1) is 11.9. The van der Waals surface area contributed by atoms with Gasteiger partial charge in [-0.25, -0.2) is 4.79 Å². The molecule has 5 nitrogen and oxygen atoms in total. The molecule has 0 atom stereocenters. The fraction of sp³-hybridized carbons (Fsp3) is 0.263. The molecule has 1 amide bonds. The second-order valence-corrected chi connectivity index (χ2v) is 6.71. The lowest BCUT2D eigenvalue weighted by molar-refractivity contribution is -0.139. The van der Waals surface area contributed by atoms with Crippen molar-refractivity contribution in [3.05, 3.63) is 63.9 Å². The average molecular weight is 359 g/mol. The monoisotopic (exact) mass is 359 g/mol. The van der Waals surface area contributed by atoms with E-state index in [2.05, 4.69) is 6.58 Å². The van der Waals surface area contributed by atoms with Gasteiger partial charge in [0, 0.05) is 17.0 Å². The van der Waals surface area contributed by atoms with Gasteiger partial charge in [-0.1, -0.05) is 12.1 Å². The number of carbonyl (C=O) groups excluding carboxylic acids is 1. The lowest BCUT2D eigenvalue weighted by Gasteiger charge is -2.21. The minimum absolute atomic E-state index is 0.0933. The molecule has 0 bridgehead atoms. The summed E-state index contributed by atoms with van der Waals surface area (Å²) >= 11 is 1.60. The first-order valence-electron chi connectivity index (χ1n) is 7.80. The summed E-state index contributed by atoms with van der Waals surface area (Å²) in [4.78, 5) is 26.4. The molecule has 0 aliphatic heterocycles. The molecule has 1 aromatic carbocycles. The number of carboxylic acids is 1. The number of rotatable bonds is 8. The molecule has 0 unspecified atom stereocenters. The third-order valence-corrected chi connectivity index (χ3v) is 4.47. The van der Waals surface area contributed by atoms with E-state index < -0.39 is 12.6 Å². The van der Waals surface area contributed by atoms with Crippen LogP contribution in [0, 0.1) is 13.8 Å². The largest absolute Gasteiger partial charge is 0.481 e. The Hall–Kier alpha value is -2.60. The quantitative estimate of drug-likeness (QED) is 0.731. The normalized spacial score (nSPS) is 10.3. The summed E-state index contributed by atoms with van der Waals surface area (Å²) in [6, 6.07) is 7.42. The number of nitrogens with zero attached hydrogens (tertiary/aromatic N) is 1. The van der Waals surface area contributed by atoms with Gasteiger partial charge >= 0.3 is 5.97 Å². The van der Waals surface area contributed by atoms with Crippen molar-refractivity contribution in [2.75, 3.05) is 13.2 Å². The predicted molar refractivity (Wildman–Crippen MR) is 98.3 cm³/mol. The highest BCUT2D eigenvalue weighted by molar-refractivity contribution is 7.09. The maximum atomic E-state index is 12.9. The second kappa shape index (κ2) is 8.48. The molecule has 1 N–H and O–H groups in total. The molecular weight excluding hydrogens is 338 g/mol. The molecule has 2 aromatic rings. The van der Waals surface area contributed by atoms with Crippen LogP contribution in [0.5, 0.6) is 5.75 Å². The van der Waals surface area contributed by atoms with Gasteiger partial charge in [0.1, 0.15) is 5.75 Å². The zero-order valence-corrected chi connectivity index (χ0v) is 15.1. The molecular formula is C19H21NO4S. The van der Waals surface area contributed by atoms with E-state index >= 15 is 0 Å². The number of carboxylic acid groups (broad SMARTS) is 1. The molecule has 0 saturated carbocycles. The number of aliphatic carboxylic acids is 1. The van der Waals surface area contributed by atoms with E-state index in [9.17, 15) is 9.59 Å². The van der Waals surface area contributed by atoms with E-state index in [0.29, 0.717) is 24.4 Å². The topological polar surface area (TPSA) is 66.8 Å². The van der Waals surface area contributed by atoms with Crippen LogP contribution in [0.25, 0.3) is 0 Å². The molecule has 0 saturated heterocycles. The molecule has 0 aliphatic carbocycles. The average Bonchev–Trinajstić information content (AvgIpc) is 3.05. The summed E-state index contributed by atoms with van der Waals surface area (Å²) in [6.07, 6.45) is 1.70. The van der Waals surface area contributed by atoms with E-state index in [1.54, 1.807) is 48.3 Å². The molecule has 1 aromatic heterocycles. The highest BCUT2D eigenvalue weighted by atomic mass is 32.1. The SMILES string of the molecule is C=CCN(Cc1cccs1)C(=O)c1cc(C)c(OCC(=O)O)c(C)c1. The maximum absolute atomic E-state index is 12.9. The fourth-order valence-corrected chi connectivity index (χ4v) is 3.30. The van der Waals surface area contributed by atoms with Gasteiger partial charge in [0.15, 0.2) is 6.61 Å². The van der Waals surface area contributed by atoms with Crippen molar-refractivity contribution in [3.8, 4) is 5.75 Å². The number of benzene rings is 1. The Morgan fingerprint density at radius 2 is 2.00 bits per heavy atom. The Kier molecular flexibility index (Phi) is 6.36.